The zero-order valence-corrected chi connectivity index (χ0v) is 13.3. The summed E-state index contributed by atoms with van der Waals surface area (Å²) in [5.74, 6) is 0. The second kappa shape index (κ2) is 6.19. The van der Waals surface area contributed by atoms with Gasteiger partial charge in [-0.25, -0.2) is 4.98 Å². The van der Waals surface area contributed by atoms with Gasteiger partial charge in [0.05, 0.1) is 11.4 Å². The molecule has 0 aromatic carbocycles. The molecule has 0 saturated carbocycles. The van der Waals surface area contributed by atoms with E-state index in [4.69, 9.17) is 0 Å². The SMILES string of the molecule is Cc1nc(Br)ccc1NS(=O)(=O)N1CCCCCC1. The summed E-state index contributed by atoms with van der Waals surface area (Å²) in [6, 6.07) is 3.45. The van der Waals surface area contributed by atoms with Crippen LogP contribution < -0.4 is 4.72 Å². The van der Waals surface area contributed by atoms with Crippen molar-refractivity contribution in [2.24, 2.45) is 0 Å². The minimum Gasteiger partial charge on any atom is -0.269 e. The highest BCUT2D eigenvalue weighted by Crippen LogP contribution is 2.20. The topological polar surface area (TPSA) is 62.3 Å². The molecule has 2 heterocycles. The molecule has 1 fully saturated rings. The smallest absolute Gasteiger partial charge is 0.269 e. The van der Waals surface area contributed by atoms with Gasteiger partial charge in [-0.05, 0) is 47.8 Å². The Kier molecular flexibility index (Phi) is 4.81. The first-order valence-electron chi connectivity index (χ1n) is 6.40. The van der Waals surface area contributed by atoms with Crippen LogP contribution in [0.2, 0.25) is 0 Å². The van der Waals surface area contributed by atoms with Gasteiger partial charge in [-0.15, -0.1) is 0 Å². The predicted octanol–water partition coefficient (Wildman–Crippen LogP) is 2.69. The Bertz CT molecular complexity index is 540. The Hall–Kier alpha value is -0.660. The highest BCUT2D eigenvalue weighted by molar-refractivity contribution is 9.10. The van der Waals surface area contributed by atoms with Crippen LogP contribution >= 0.6 is 15.9 Å². The first-order valence-corrected chi connectivity index (χ1v) is 8.63. The average molecular weight is 348 g/mol. The van der Waals surface area contributed by atoms with E-state index in [9.17, 15) is 8.42 Å². The van der Waals surface area contributed by atoms with E-state index >= 15 is 0 Å². The zero-order valence-electron chi connectivity index (χ0n) is 10.9. The number of aryl methyl sites for hydroxylation is 1. The van der Waals surface area contributed by atoms with E-state index in [1.54, 1.807) is 19.1 Å². The molecular formula is C12H18BrN3O2S. The Morgan fingerprint density at radius 1 is 1.21 bits per heavy atom. The molecule has 0 amide bonds. The normalized spacial score (nSPS) is 18.0. The number of aromatic nitrogens is 1. The molecule has 1 N–H and O–H groups in total. The van der Waals surface area contributed by atoms with E-state index in [2.05, 4.69) is 25.6 Å². The number of anilines is 1. The minimum atomic E-state index is -3.47. The minimum absolute atomic E-state index is 0.535. The maximum Gasteiger partial charge on any atom is 0.301 e. The van der Waals surface area contributed by atoms with Crippen LogP contribution in [0.3, 0.4) is 0 Å². The predicted molar refractivity (Wildman–Crippen MR) is 79.3 cm³/mol. The van der Waals surface area contributed by atoms with Crippen molar-refractivity contribution in [2.75, 3.05) is 17.8 Å². The first-order chi connectivity index (χ1) is 8.99. The van der Waals surface area contributed by atoms with Crippen molar-refractivity contribution in [3.8, 4) is 0 Å². The van der Waals surface area contributed by atoms with E-state index in [0.717, 1.165) is 25.7 Å². The number of hydrogen-bond donors (Lipinski definition) is 1. The fourth-order valence-electron chi connectivity index (χ4n) is 2.12. The fraction of sp³-hybridized carbons (Fsp3) is 0.583. The summed E-state index contributed by atoms with van der Waals surface area (Å²) in [5.41, 5.74) is 1.19. The lowest BCUT2D eigenvalue weighted by Crippen LogP contribution is -2.36. The highest BCUT2D eigenvalue weighted by Gasteiger charge is 2.23. The van der Waals surface area contributed by atoms with Crippen LogP contribution in [-0.2, 0) is 10.2 Å². The number of pyridine rings is 1. The van der Waals surface area contributed by atoms with Gasteiger partial charge in [-0.2, -0.15) is 12.7 Å². The average Bonchev–Trinajstić information content (AvgIpc) is 2.62. The molecule has 1 aromatic heterocycles. The molecule has 1 aliphatic rings. The molecule has 7 heteroatoms. The van der Waals surface area contributed by atoms with Gasteiger partial charge >= 0.3 is 10.2 Å². The summed E-state index contributed by atoms with van der Waals surface area (Å²) in [5, 5.41) is 0. The van der Waals surface area contributed by atoms with Crippen LogP contribution in [0.15, 0.2) is 16.7 Å². The lowest BCUT2D eigenvalue weighted by atomic mass is 10.2. The molecule has 0 radical (unpaired) electrons. The van der Waals surface area contributed by atoms with Crippen molar-refractivity contribution in [2.45, 2.75) is 32.6 Å². The van der Waals surface area contributed by atoms with Crippen LogP contribution in [0.25, 0.3) is 0 Å². The molecule has 1 saturated heterocycles. The van der Waals surface area contributed by atoms with Crippen LogP contribution in [0.5, 0.6) is 0 Å². The summed E-state index contributed by atoms with van der Waals surface area (Å²) in [4.78, 5) is 4.19. The van der Waals surface area contributed by atoms with Crippen LogP contribution in [0.4, 0.5) is 5.69 Å². The fourth-order valence-corrected chi connectivity index (χ4v) is 3.88. The van der Waals surface area contributed by atoms with E-state index in [1.165, 1.54) is 4.31 Å². The highest BCUT2D eigenvalue weighted by atomic mass is 79.9. The van der Waals surface area contributed by atoms with E-state index < -0.39 is 10.2 Å². The van der Waals surface area contributed by atoms with Gasteiger partial charge in [0.1, 0.15) is 4.60 Å². The maximum atomic E-state index is 12.3. The molecule has 19 heavy (non-hydrogen) atoms. The number of nitrogens with one attached hydrogen (secondary N) is 1. The molecule has 0 unspecified atom stereocenters. The Morgan fingerprint density at radius 3 is 2.42 bits per heavy atom. The van der Waals surface area contributed by atoms with Gasteiger partial charge in [-0.1, -0.05) is 12.8 Å². The number of hydrogen-bond acceptors (Lipinski definition) is 3. The summed E-state index contributed by atoms with van der Waals surface area (Å²) in [6.45, 7) is 2.97. The number of halogens is 1. The van der Waals surface area contributed by atoms with Gasteiger partial charge in [0.15, 0.2) is 0 Å². The van der Waals surface area contributed by atoms with Gasteiger partial charge < -0.3 is 0 Å². The summed E-state index contributed by atoms with van der Waals surface area (Å²) in [7, 11) is -3.47. The van der Waals surface area contributed by atoms with Crippen molar-refractivity contribution in [1.29, 1.82) is 0 Å². The van der Waals surface area contributed by atoms with Crippen LogP contribution in [0, 0.1) is 6.92 Å². The van der Waals surface area contributed by atoms with Gasteiger partial charge in [0.2, 0.25) is 0 Å². The number of nitrogens with zero attached hydrogens (tertiary/aromatic N) is 2. The van der Waals surface area contributed by atoms with Crippen LogP contribution in [0.1, 0.15) is 31.4 Å². The van der Waals surface area contributed by atoms with Crippen molar-refractivity contribution in [3.05, 3.63) is 22.4 Å². The third kappa shape index (κ3) is 3.90. The number of rotatable bonds is 3. The molecule has 2 rings (SSSR count). The van der Waals surface area contributed by atoms with Gasteiger partial charge in [0, 0.05) is 13.1 Å². The van der Waals surface area contributed by atoms with Crippen molar-refractivity contribution >= 4 is 31.8 Å². The molecule has 0 aliphatic carbocycles. The Labute approximate surface area is 122 Å². The lowest BCUT2D eigenvalue weighted by Gasteiger charge is -2.21. The van der Waals surface area contributed by atoms with Crippen molar-refractivity contribution in [1.82, 2.24) is 9.29 Å². The lowest BCUT2D eigenvalue weighted by molar-refractivity contribution is 0.427. The second-order valence-electron chi connectivity index (χ2n) is 4.69. The summed E-state index contributed by atoms with van der Waals surface area (Å²) in [6.07, 6.45) is 4.06. The van der Waals surface area contributed by atoms with E-state index in [0.29, 0.717) is 29.1 Å². The summed E-state index contributed by atoms with van der Waals surface area (Å²) >= 11 is 3.26. The van der Waals surface area contributed by atoms with Gasteiger partial charge in [-0.3, -0.25) is 4.72 Å². The molecule has 5 nitrogen and oxygen atoms in total. The Morgan fingerprint density at radius 2 is 1.84 bits per heavy atom. The van der Waals surface area contributed by atoms with E-state index in [1.807, 2.05) is 0 Å². The van der Waals surface area contributed by atoms with Gasteiger partial charge in [0.25, 0.3) is 0 Å². The second-order valence-corrected chi connectivity index (χ2v) is 7.17. The molecule has 1 aliphatic heterocycles. The molecule has 1 aromatic rings. The van der Waals surface area contributed by atoms with E-state index in [-0.39, 0.29) is 0 Å². The standard InChI is InChI=1S/C12H18BrN3O2S/c1-10-11(6-7-12(13)14-10)15-19(17,18)16-8-4-2-3-5-9-16/h6-7,15H,2-5,8-9H2,1H3. The Balaban J connectivity index is 2.15. The van der Waals surface area contributed by atoms with Crippen LogP contribution in [-0.4, -0.2) is 30.8 Å². The summed E-state index contributed by atoms with van der Waals surface area (Å²) < 4.78 is 29.5. The van der Waals surface area contributed by atoms with Crippen molar-refractivity contribution in [3.63, 3.8) is 0 Å². The molecule has 106 valence electrons. The molecule has 0 bridgehead atoms. The molecule has 0 spiro atoms. The third-order valence-corrected chi connectivity index (χ3v) is 5.16. The first kappa shape index (κ1) is 14.7. The molecule has 0 atom stereocenters. The third-order valence-electron chi connectivity index (χ3n) is 3.20. The molecular weight excluding hydrogens is 330 g/mol. The monoisotopic (exact) mass is 347 g/mol. The quantitative estimate of drug-likeness (QED) is 0.855. The maximum absolute atomic E-state index is 12.3. The largest absolute Gasteiger partial charge is 0.301 e. The van der Waals surface area contributed by atoms with Crippen molar-refractivity contribution < 1.29 is 8.42 Å². The zero-order chi connectivity index (χ0) is 13.9.